The molecule has 40 heavy (non-hydrogen) atoms. The summed E-state index contributed by atoms with van der Waals surface area (Å²) in [6.45, 7) is 0.135. The van der Waals surface area contributed by atoms with E-state index in [1.165, 1.54) is 52.3 Å². The van der Waals surface area contributed by atoms with Gasteiger partial charge in [0.15, 0.2) is 0 Å². The summed E-state index contributed by atoms with van der Waals surface area (Å²) in [6.07, 6.45) is 6.01. The van der Waals surface area contributed by atoms with Crippen molar-refractivity contribution in [1.82, 2.24) is 14.8 Å². The van der Waals surface area contributed by atoms with Crippen LogP contribution in [0.15, 0.2) is 77.8 Å². The molecule has 1 unspecified atom stereocenters. The molecule has 1 heterocycles. The van der Waals surface area contributed by atoms with Crippen LogP contribution in [0.2, 0.25) is 0 Å². The average Bonchev–Trinajstić information content (AvgIpc) is 3.55. The summed E-state index contributed by atoms with van der Waals surface area (Å²) < 4.78 is 43.1. The lowest BCUT2D eigenvalue weighted by Gasteiger charge is -2.29. The van der Waals surface area contributed by atoms with Crippen molar-refractivity contribution in [2.45, 2.75) is 30.2 Å². The number of carboxylic acid groups (broad SMARTS) is 1. The van der Waals surface area contributed by atoms with Gasteiger partial charge in [-0.05, 0) is 90.1 Å². The predicted molar refractivity (Wildman–Crippen MR) is 146 cm³/mol. The number of sulfonamides is 1. The number of nitrogens with zero attached hydrogens (tertiary/aromatic N) is 1. The molecular formula is C29H26FN3O6S. The maximum absolute atomic E-state index is 14.0. The molecule has 0 saturated heterocycles. The van der Waals surface area contributed by atoms with Crippen LogP contribution in [-0.2, 0) is 27.7 Å². The van der Waals surface area contributed by atoms with Gasteiger partial charge in [-0.1, -0.05) is 18.2 Å². The van der Waals surface area contributed by atoms with Crippen LogP contribution in [0.5, 0.6) is 0 Å². The SMILES string of the molecule is O=C(/C=C/c1ccc2c(c1)CCC2N(CCc1c[nH]c2cc(F)ccc12)S(=O)(=O)c1ccc(C(=O)O)cc1)NO. The van der Waals surface area contributed by atoms with Crippen molar-refractivity contribution < 1.29 is 32.7 Å². The maximum atomic E-state index is 14.0. The Labute approximate surface area is 229 Å². The molecule has 0 bridgehead atoms. The van der Waals surface area contributed by atoms with Crippen LogP contribution >= 0.6 is 0 Å². The molecule has 0 saturated carbocycles. The van der Waals surface area contributed by atoms with Crippen molar-refractivity contribution in [1.29, 1.82) is 0 Å². The third kappa shape index (κ3) is 5.39. The number of hydroxylamine groups is 1. The zero-order valence-corrected chi connectivity index (χ0v) is 22.0. The van der Waals surface area contributed by atoms with Crippen LogP contribution in [0.4, 0.5) is 4.39 Å². The summed E-state index contributed by atoms with van der Waals surface area (Å²) in [5.74, 6) is -2.18. The van der Waals surface area contributed by atoms with Gasteiger partial charge in [0, 0.05) is 29.7 Å². The van der Waals surface area contributed by atoms with Gasteiger partial charge in [0.25, 0.3) is 5.91 Å². The maximum Gasteiger partial charge on any atom is 0.335 e. The molecule has 1 aliphatic rings. The lowest BCUT2D eigenvalue weighted by Crippen LogP contribution is -2.35. The monoisotopic (exact) mass is 563 g/mol. The van der Waals surface area contributed by atoms with Crippen molar-refractivity contribution in [2.24, 2.45) is 0 Å². The molecule has 5 rings (SSSR count). The number of aromatic carboxylic acids is 1. The van der Waals surface area contributed by atoms with Crippen molar-refractivity contribution in [3.05, 3.63) is 107 Å². The number of hydrogen-bond acceptors (Lipinski definition) is 5. The van der Waals surface area contributed by atoms with E-state index in [0.717, 1.165) is 27.6 Å². The molecule has 0 spiro atoms. The highest BCUT2D eigenvalue weighted by Gasteiger charge is 2.36. The molecule has 0 aliphatic heterocycles. The first-order chi connectivity index (χ1) is 19.2. The fourth-order valence-electron chi connectivity index (χ4n) is 5.17. The minimum Gasteiger partial charge on any atom is -0.478 e. The number of amides is 1. The van der Waals surface area contributed by atoms with Crippen molar-refractivity contribution in [2.75, 3.05) is 6.54 Å². The summed E-state index contributed by atoms with van der Waals surface area (Å²) in [6, 6.07) is 14.6. The van der Waals surface area contributed by atoms with Crippen LogP contribution in [0.3, 0.4) is 0 Å². The van der Waals surface area contributed by atoms with Crippen LogP contribution in [0, 0.1) is 5.82 Å². The zero-order chi connectivity index (χ0) is 28.4. The zero-order valence-electron chi connectivity index (χ0n) is 21.2. The van der Waals surface area contributed by atoms with Gasteiger partial charge in [0.05, 0.1) is 16.5 Å². The van der Waals surface area contributed by atoms with Gasteiger partial charge in [-0.15, -0.1) is 0 Å². The fraction of sp³-hybridized carbons (Fsp3) is 0.172. The number of rotatable bonds is 9. The van der Waals surface area contributed by atoms with E-state index in [2.05, 4.69) is 4.98 Å². The summed E-state index contributed by atoms with van der Waals surface area (Å²) in [5, 5.41) is 18.8. The Hall–Kier alpha value is -4.32. The third-order valence-electron chi connectivity index (χ3n) is 7.14. The Morgan fingerprint density at radius 2 is 1.88 bits per heavy atom. The minimum absolute atomic E-state index is 0.0125. The largest absolute Gasteiger partial charge is 0.478 e. The van der Waals surface area contributed by atoms with Gasteiger partial charge in [-0.2, -0.15) is 4.31 Å². The number of carbonyl (C=O) groups excluding carboxylic acids is 1. The number of aromatic nitrogens is 1. The van der Waals surface area contributed by atoms with E-state index in [-0.39, 0.29) is 22.8 Å². The second-order valence-corrected chi connectivity index (χ2v) is 11.4. The number of halogens is 1. The van der Waals surface area contributed by atoms with Gasteiger partial charge in [0.1, 0.15) is 5.82 Å². The Morgan fingerprint density at radius 1 is 1.10 bits per heavy atom. The highest BCUT2D eigenvalue weighted by Crippen LogP contribution is 2.39. The van der Waals surface area contributed by atoms with Gasteiger partial charge < -0.3 is 10.1 Å². The van der Waals surface area contributed by atoms with E-state index in [4.69, 9.17) is 5.21 Å². The highest BCUT2D eigenvalue weighted by molar-refractivity contribution is 7.89. The smallest absolute Gasteiger partial charge is 0.335 e. The van der Waals surface area contributed by atoms with Crippen LogP contribution in [-0.4, -0.2) is 46.4 Å². The lowest BCUT2D eigenvalue weighted by atomic mass is 10.0. The van der Waals surface area contributed by atoms with E-state index in [0.29, 0.717) is 24.8 Å². The van der Waals surface area contributed by atoms with E-state index >= 15 is 0 Å². The molecule has 1 aliphatic carbocycles. The topological polar surface area (TPSA) is 140 Å². The summed E-state index contributed by atoms with van der Waals surface area (Å²) >= 11 is 0. The Kier molecular flexibility index (Phi) is 7.53. The Balaban J connectivity index is 1.49. The molecule has 0 radical (unpaired) electrons. The van der Waals surface area contributed by atoms with Crippen molar-refractivity contribution in [3.63, 3.8) is 0 Å². The van der Waals surface area contributed by atoms with E-state index in [1.807, 2.05) is 12.1 Å². The highest BCUT2D eigenvalue weighted by atomic mass is 32.2. The van der Waals surface area contributed by atoms with Crippen LogP contribution in [0.1, 0.15) is 45.1 Å². The average molecular weight is 564 g/mol. The fourth-order valence-corrected chi connectivity index (χ4v) is 6.81. The number of hydrogen-bond donors (Lipinski definition) is 4. The van der Waals surface area contributed by atoms with E-state index < -0.39 is 27.9 Å². The molecule has 4 N–H and O–H groups in total. The number of fused-ring (bicyclic) bond motifs is 2. The first-order valence-electron chi connectivity index (χ1n) is 12.5. The Bertz CT molecular complexity index is 1730. The molecule has 3 aromatic carbocycles. The summed E-state index contributed by atoms with van der Waals surface area (Å²) in [7, 11) is -4.04. The van der Waals surface area contributed by atoms with Crippen LogP contribution < -0.4 is 5.48 Å². The first kappa shape index (κ1) is 27.3. The quantitative estimate of drug-likeness (QED) is 0.135. The molecule has 0 fully saturated rings. The van der Waals surface area contributed by atoms with Crippen molar-refractivity contribution >= 4 is 38.9 Å². The van der Waals surface area contributed by atoms with Gasteiger partial charge >= 0.3 is 5.97 Å². The predicted octanol–water partition coefficient (Wildman–Crippen LogP) is 4.44. The number of H-pyrrole nitrogens is 1. The second kappa shape index (κ2) is 11.0. The molecule has 11 heteroatoms. The second-order valence-electron chi connectivity index (χ2n) is 9.52. The number of carbonyl (C=O) groups is 2. The molecule has 206 valence electrons. The van der Waals surface area contributed by atoms with E-state index in [9.17, 15) is 27.5 Å². The molecule has 9 nitrogen and oxygen atoms in total. The van der Waals surface area contributed by atoms with Gasteiger partial charge in [-0.25, -0.2) is 23.1 Å². The molecule has 1 amide bonds. The number of carboxylic acids is 1. The molecule has 1 aromatic heterocycles. The Morgan fingerprint density at radius 3 is 2.60 bits per heavy atom. The standard InChI is InChI=1S/C29H26FN3O6S/c30-22-6-10-24-21(17-31-26(24)16-22)13-14-33(40(38,39)23-7-3-19(4-8-23)29(35)36)27-11-5-20-15-18(1-9-25(20)27)2-12-28(34)32-37/h1-4,6-10,12,15-17,27,31,37H,5,11,13-14H2,(H,32,34)(H,35,36)/b12-2+. The van der Waals surface area contributed by atoms with E-state index in [1.54, 1.807) is 24.4 Å². The number of benzene rings is 3. The van der Waals surface area contributed by atoms with Crippen molar-refractivity contribution in [3.8, 4) is 0 Å². The molecule has 1 atom stereocenters. The van der Waals surface area contributed by atoms with Gasteiger partial charge in [-0.3, -0.25) is 10.0 Å². The number of aryl methyl sites for hydroxylation is 1. The molecule has 4 aromatic rings. The van der Waals surface area contributed by atoms with Crippen LogP contribution in [0.25, 0.3) is 17.0 Å². The number of aromatic amines is 1. The summed E-state index contributed by atoms with van der Waals surface area (Å²) in [5.41, 5.74) is 5.51. The molecular weight excluding hydrogens is 537 g/mol. The summed E-state index contributed by atoms with van der Waals surface area (Å²) in [4.78, 5) is 25.7. The minimum atomic E-state index is -4.04. The normalized spacial score (nSPS) is 15.1. The van der Waals surface area contributed by atoms with Gasteiger partial charge in [0.2, 0.25) is 10.0 Å². The third-order valence-corrected chi connectivity index (χ3v) is 9.06. The first-order valence-corrected chi connectivity index (χ1v) is 14.0. The lowest BCUT2D eigenvalue weighted by molar-refractivity contribution is -0.124. The number of nitrogens with one attached hydrogen (secondary N) is 2.